The summed E-state index contributed by atoms with van der Waals surface area (Å²) in [5, 5.41) is 2.85. The van der Waals surface area contributed by atoms with Crippen molar-refractivity contribution in [2.75, 3.05) is 11.1 Å². The Bertz CT molecular complexity index is 987. The molecule has 0 aliphatic heterocycles. The molecule has 0 radical (unpaired) electrons. The van der Waals surface area contributed by atoms with Crippen LogP contribution in [0.2, 0.25) is 0 Å². The highest BCUT2D eigenvalue weighted by Crippen LogP contribution is 2.29. The molecule has 8 heteroatoms. The number of carbonyl (C=O) groups is 2. The van der Waals surface area contributed by atoms with E-state index in [0.717, 1.165) is 22.7 Å². The molecule has 2 aromatic carbocycles. The van der Waals surface area contributed by atoms with Crippen LogP contribution in [0.3, 0.4) is 0 Å². The molecule has 0 spiro atoms. The molecule has 1 amide bonds. The third-order valence-electron chi connectivity index (χ3n) is 4.06. The zero-order valence-electron chi connectivity index (χ0n) is 15.2. The lowest BCUT2D eigenvalue weighted by Gasteiger charge is -2.08. The van der Waals surface area contributed by atoms with Gasteiger partial charge in [-0.2, -0.15) is 8.78 Å². The van der Waals surface area contributed by atoms with Gasteiger partial charge >= 0.3 is 6.55 Å². The van der Waals surface area contributed by atoms with Gasteiger partial charge in [0.15, 0.2) is 10.9 Å². The summed E-state index contributed by atoms with van der Waals surface area (Å²) in [6.07, 6.45) is 1.19. The van der Waals surface area contributed by atoms with Crippen LogP contribution < -0.4 is 5.32 Å². The Labute approximate surface area is 165 Å². The molecule has 0 bridgehead atoms. The van der Waals surface area contributed by atoms with E-state index in [1.54, 1.807) is 48.5 Å². The number of ketones is 1. The van der Waals surface area contributed by atoms with Crippen molar-refractivity contribution in [3.8, 4) is 0 Å². The van der Waals surface area contributed by atoms with Crippen LogP contribution in [-0.2, 0) is 4.79 Å². The molecule has 0 atom stereocenters. The molecule has 0 aliphatic rings. The van der Waals surface area contributed by atoms with Crippen molar-refractivity contribution in [2.24, 2.45) is 0 Å². The van der Waals surface area contributed by atoms with Crippen LogP contribution in [0.1, 0.15) is 36.7 Å². The summed E-state index contributed by atoms with van der Waals surface area (Å²) in [6.45, 7) is -0.822. The van der Waals surface area contributed by atoms with Gasteiger partial charge in [0, 0.05) is 17.7 Å². The monoisotopic (exact) mass is 403 g/mol. The van der Waals surface area contributed by atoms with E-state index in [9.17, 15) is 18.4 Å². The maximum Gasteiger partial charge on any atom is 0.321 e. The average Bonchev–Trinajstić information content (AvgIpc) is 3.05. The van der Waals surface area contributed by atoms with E-state index in [4.69, 9.17) is 0 Å². The Morgan fingerprint density at radius 1 is 1.14 bits per heavy atom. The number of thioether (sulfide) groups is 1. The fraction of sp³-hybridized carbons (Fsp3) is 0.250. The molecule has 0 unspecified atom stereocenters. The number of anilines is 1. The SMILES string of the molecule is CCCC(=O)Nc1ccc(C(=O)CSc2nc3ccccc3n2C(F)F)cc1. The molecule has 1 heterocycles. The number of rotatable bonds is 8. The molecule has 0 saturated heterocycles. The second-order valence-electron chi connectivity index (χ2n) is 6.12. The van der Waals surface area contributed by atoms with Crippen LogP contribution in [0.25, 0.3) is 11.0 Å². The quantitative estimate of drug-likeness (QED) is 0.418. The minimum Gasteiger partial charge on any atom is -0.326 e. The standard InChI is InChI=1S/C20H19F2N3O2S/c1-2-5-18(27)23-14-10-8-13(9-11-14)17(26)12-28-20-24-15-6-3-4-7-16(15)25(20)19(21)22/h3-4,6-11,19H,2,5,12H2,1H3,(H,23,27). The number of carbonyl (C=O) groups excluding carboxylic acids is 2. The summed E-state index contributed by atoms with van der Waals surface area (Å²) in [6, 6.07) is 13.2. The van der Waals surface area contributed by atoms with Crippen molar-refractivity contribution < 1.29 is 18.4 Å². The second-order valence-corrected chi connectivity index (χ2v) is 7.06. The molecule has 3 rings (SSSR count). The number of amides is 1. The van der Waals surface area contributed by atoms with Crippen LogP contribution in [0.15, 0.2) is 53.7 Å². The minimum atomic E-state index is -2.74. The van der Waals surface area contributed by atoms with Gasteiger partial charge < -0.3 is 5.32 Å². The Hall–Kier alpha value is -2.74. The van der Waals surface area contributed by atoms with Crippen molar-refractivity contribution >= 4 is 40.2 Å². The van der Waals surface area contributed by atoms with E-state index >= 15 is 0 Å². The number of Topliss-reactive ketones (excluding diaryl/α,β-unsaturated/α-hetero) is 1. The first-order chi connectivity index (χ1) is 13.5. The highest BCUT2D eigenvalue weighted by atomic mass is 32.2. The largest absolute Gasteiger partial charge is 0.326 e. The van der Waals surface area contributed by atoms with Gasteiger partial charge in [0.05, 0.1) is 16.8 Å². The van der Waals surface area contributed by atoms with E-state index in [2.05, 4.69) is 10.3 Å². The summed E-state index contributed by atoms with van der Waals surface area (Å²) in [5.74, 6) is -0.301. The van der Waals surface area contributed by atoms with Gasteiger partial charge in [-0.15, -0.1) is 0 Å². The predicted molar refractivity (Wildman–Crippen MR) is 106 cm³/mol. The second kappa shape index (κ2) is 8.97. The van der Waals surface area contributed by atoms with Gasteiger partial charge in [-0.3, -0.25) is 14.2 Å². The van der Waals surface area contributed by atoms with Gasteiger partial charge in [-0.1, -0.05) is 30.8 Å². The number of hydrogen-bond acceptors (Lipinski definition) is 4. The number of nitrogens with one attached hydrogen (secondary N) is 1. The smallest absolute Gasteiger partial charge is 0.321 e. The number of fused-ring (bicyclic) bond motifs is 1. The molecule has 1 aromatic heterocycles. The van der Waals surface area contributed by atoms with Gasteiger partial charge in [0.2, 0.25) is 5.91 Å². The zero-order chi connectivity index (χ0) is 20.1. The number of aromatic nitrogens is 2. The van der Waals surface area contributed by atoms with Crippen molar-refractivity contribution in [3.63, 3.8) is 0 Å². The van der Waals surface area contributed by atoms with Gasteiger partial charge in [0.25, 0.3) is 0 Å². The van der Waals surface area contributed by atoms with Crippen molar-refractivity contribution in [1.29, 1.82) is 0 Å². The Morgan fingerprint density at radius 2 is 1.86 bits per heavy atom. The Balaban J connectivity index is 1.68. The van der Waals surface area contributed by atoms with Crippen LogP contribution in [0.5, 0.6) is 0 Å². The highest BCUT2D eigenvalue weighted by molar-refractivity contribution is 7.99. The molecule has 3 aromatic rings. The lowest BCUT2D eigenvalue weighted by atomic mass is 10.1. The average molecular weight is 403 g/mol. The molecule has 146 valence electrons. The number of para-hydroxylation sites is 2. The summed E-state index contributed by atoms with van der Waals surface area (Å²) in [4.78, 5) is 28.2. The van der Waals surface area contributed by atoms with E-state index in [1.165, 1.54) is 0 Å². The highest BCUT2D eigenvalue weighted by Gasteiger charge is 2.19. The topological polar surface area (TPSA) is 64.0 Å². The van der Waals surface area contributed by atoms with Gasteiger partial charge in [-0.25, -0.2) is 4.98 Å². The first-order valence-corrected chi connectivity index (χ1v) is 9.79. The zero-order valence-corrected chi connectivity index (χ0v) is 16.0. The van der Waals surface area contributed by atoms with E-state index in [1.807, 2.05) is 6.92 Å². The van der Waals surface area contributed by atoms with Crippen molar-refractivity contribution in [1.82, 2.24) is 9.55 Å². The first kappa shape index (κ1) is 20.0. The molecular formula is C20H19F2N3O2S. The number of benzene rings is 2. The molecular weight excluding hydrogens is 384 g/mol. The van der Waals surface area contributed by atoms with Crippen LogP contribution in [0, 0.1) is 0 Å². The maximum atomic E-state index is 13.4. The summed E-state index contributed by atoms with van der Waals surface area (Å²) in [7, 11) is 0. The summed E-state index contributed by atoms with van der Waals surface area (Å²) in [5.41, 5.74) is 1.85. The predicted octanol–water partition coefficient (Wildman–Crippen LogP) is 5.15. The molecule has 0 aliphatic carbocycles. The van der Waals surface area contributed by atoms with Crippen LogP contribution in [0.4, 0.5) is 14.5 Å². The van der Waals surface area contributed by atoms with E-state index < -0.39 is 6.55 Å². The van der Waals surface area contributed by atoms with Gasteiger partial charge in [-0.05, 0) is 42.8 Å². The minimum absolute atomic E-state index is 0.0163. The van der Waals surface area contributed by atoms with E-state index in [-0.39, 0.29) is 22.6 Å². The van der Waals surface area contributed by atoms with Crippen LogP contribution in [-0.4, -0.2) is 27.0 Å². The molecule has 0 saturated carbocycles. The maximum absolute atomic E-state index is 13.4. The number of imidazole rings is 1. The fourth-order valence-electron chi connectivity index (χ4n) is 2.72. The Kier molecular flexibility index (Phi) is 6.41. The number of alkyl halides is 2. The Morgan fingerprint density at radius 3 is 2.54 bits per heavy atom. The third kappa shape index (κ3) is 4.56. The molecule has 1 N–H and O–H groups in total. The van der Waals surface area contributed by atoms with Gasteiger partial charge in [0.1, 0.15) is 0 Å². The number of hydrogen-bond donors (Lipinski definition) is 1. The third-order valence-corrected chi connectivity index (χ3v) is 5.01. The molecule has 5 nitrogen and oxygen atoms in total. The number of nitrogens with zero attached hydrogens (tertiary/aromatic N) is 2. The van der Waals surface area contributed by atoms with Crippen molar-refractivity contribution in [2.45, 2.75) is 31.5 Å². The normalized spacial score (nSPS) is 11.1. The summed E-state index contributed by atoms with van der Waals surface area (Å²) >= 11 is 0.978. The first-order valence-electron chi connectivity index (χ1n) is 8.80. The lowest BCUT2D eigenvalue weighted by Crippen LogP contribution is -2.11. The number of halogens is 2. The van der Waals surface area contributed by atoms with E-state index in [0.29, 0.717) is 28.7 Å². The fourth-order valence-corrected chi connectivity index (χ4v) is 3.62. The summed E-state index contributed by atoms with van der Waals surface area (Å²) < 4.78 is 27.7. The molecule has 0 fully saturated rings. The van der Waals surface area contributed by atoms with Crippen LogP contribution >= 0.6 is 11.8 Å². The molecule has 28 heavy (non-hydrogen) atoms. The lowest BCUT2D eigenvalue weighted by molar-refractivity contribution is -0.116. The van der Waals surface area contributed by atoms with Crippen molar-refractivity contribution in [3.05, 3.63) is 54.1 Å².